The summed E-state index contributed by atoms with van der Waals surface area (Å²) in [5.41, 5.74) is 0.111. The van der Waals surface area contributed by atoms with E-state index in [2.05, 4.69) is 21.2 Å². The van der Waals surface area contributed by atoms with Gasteiger partial charge in [0.25, 0.3) is 5.91 Å². The Balaban J connectivity index is 1.96. The fourth-order valence-corrected chi connectivity index (χ4v) is 2.20. The molecule has 0 bridgehead atoms. The van der Waals surface area contributed by atoms with Crippen molar-refractivity contribution in [3.63, 3.8) is 0 Å². The van der Waals surface area contributed by atoms with E-state index in [-0.39, 0.29) is 5.69 Å². The first-order valence-electron chi connectivity index (χ1n) is 7.15. The van der Waals surface area contributed by atoms with Gasteiger partial charge in [0.1, 0.15) is 17.3 Å². The zero-order chi connectivity index (χ0) is 16.8. The lowest BCUT2D eigenvalue weighted by molar-refractivity contribution is -0.122. The number of benzene rings is 2. The first kappa shape index (κ1) is 17.3. The van der Waals surface area contributed by atoms with Crippen LogP contribution in [0.3, 0.4) is 0 Å². The number of ether oxygens (including phenoxy) is 2. The van der Waals surface area contributed by atoms with E-state index < -0.39 is 17.8 Å². The maximum Gasteiger partial charge on any atom is 0.265 e. The quantitative estimate of drug-likeness (QED) is 0.806. The molecule has 0 saturated heterocycles. The molecule has 0 saturated carbocycles. The van der Waals surface area contributed by atoms with Crippen molar-refractivity contribution >= 4 is 27.5 Å². The Bertz CT molecular complexity index is 676. The van der Waals surface area contributed by atoms with Gasteiger partial charge in [0.15, 0.2) is 6.10 Å². The van der Waals surface area contributed by atoms with Crippen molar-refractivity contribution in [3.8, 4) is 11.5 Å². The molecule has 2 rings (SSSR count). The number of carbonyl (C=O) groups is 1. The molecular formula is C17H17BrFNO3. The van der Waals surface area contributed by atoms with Crippen molar-refractivity contribution in [2.24, 2.45) is 0 Å². The highest BCUT2D eigenvalue weighted by molar-refractivity contribution is 9.10. The minimum absolute atomic E-state index is 0.111. The van der Waals surface area contributed by atoms with Crippen LogP contribution in [0.4, 0.5) is 10.1 Å². The highest BCUT2D eigenvalue weighted by Gasteiger charge is 2.16. The Labute approximate surface area is 142 Å². The Kier molecular flexibility index (Phi) is 5.98. The third-order valence-corrected chi connectivity index (χ3v) is 3.50. The molecule has 1 atom stereocenters. The third kappa shape index (κ3) is 4.96. The monoisotopic (exact) mass is 381 g/mol. The van der Waals surface area contributed by atoms with E-state index >= 15 is 0 Å². The van der Waals surface area contributed by atoms with Crippen molar-refractivity contribution in [2.45, 2.75) is 20.0 Å². The molecule has 0 aliphatic rings. The lowest BCUT2D eigenvalue weighted by Crippen LogP contribution is -2.30. The third-order valence-electron chi connectivity index (χ3n) is 3.01. The fourth-order valence-electron chi connectivity index (χ4n) is 1.86. The van der Waals surface area contributed by atoms with Crippen LogP contribution in [0.1, 0.15) is 13.8 Å². The molecule has 4 nitrogen and oxygen atoms in total. The second-order valence-electron chi connectivity index (χ2n) is 4.78. The van der Waals surface area contributed by atoms with Crippen LogP contribution in [0.15, 0.2) is 46.9 Å². The molecular weight excluding hydrogens is 365 g/mol. The predicted octanol–water partition coefficient (Wildman–Crippen LogP) is 4.39. The average Bonchev–Trinajstić information content (AvgIpc) is 2.52. The maximum absolute atomic E-state index is 13.7. The van der Waals surface area contributed by atoms with Crippen LogP contribution in [-0.2, 0) is 4.79 Å². The van der Waals surface area contributed by atoms with Crippen molar-refractivity contribution in [3.05, 3.63) is 52.8 Å². The van der Waals surface area contributed by atoms with Gasteiger partial charge in [-0.3, -0.25) is 4.79 Å². The normalized spacial score (nSPS) is 11.7. The van der Waals surface area contributed by atoms with E-state index in [4.69, 9.17) is 9.47 Å². The van der Waals surface area contributed by atoms with E-state index in [0.717, 1.165) is 5.75 Å². The largest absolute Gasteiger partial charge is 0.494 e. The minimum Gasteiger partial charge on any atom is -0.494 e. The van der Waals surface area contributed by atoms with Gasteiger partial charge in [0, 0.05) is 4.47 Å². The zero-order valence-corrected chi connectivity index (χ0v) is 14.4. The summed E-state index contributed by atoms with van der Waals surface area (Å²) >= 11 is 3.16. The van der Waals surface area contributed by atoms with E-state index in [0.29, 0.717) is 16.8 Å². The van der Waals surface area contributed by atoms with Crippen LogP contribution in [0.5, 0.6) is 11.5 Å². The predicted molar refractivity (Wildman–Crippen MR) is 90.4 cm³/mol. The standard InChI is InChI=1S/C17H17BrFNO3/c1-3-22-13-5-7-14(8-6-13)23-11(2)17(21)20-16-9-4-12(18)10-15(16)19/h4-11H,3H2,1-2H3,(H,20,21). The van der Waals surface area contributed by atoms with E-state index in [1.807, 2.05) is 6.92 Å². The molecule has 1 N–H and O–H groups in total. The molecule has 2 aromatic carbocycles. The number of amides is 1. The molecule has 0 aliphatic heterocycles. The van der Waals surface area contributed by atoms with Gasteiger partial charge >= 0.3 is 0 Å². The van der Waals surface area contributed by atoms with Gasteiger partial charge < -0.3 is 14.8 Å². The maximum atomic E-state index is 13.7. The molecule has 2 aromatic rings. The van der Waals surface area contributed by atoms with Crippen LogP contribution in [0.25, 0.3) is 0 Å². The lowest BCUT2D eigenvalue weighted by atomic mass is 10.2. The van der Waals surface area contributed by atoms with Gasteiger partial charge in [-0.1, -0.05) is 15.9 Å². The second-order valence-corrected chi connectivity index (χ2v) is 5.69. The first-order valence-corrected chi connectivity index (χ1v) is 7.94. The van der Waals surface area contributed by atoms with Gasteiger partial charge in [-0.25, -0.2) is 4.39 Å². The van der Waals surface area contributed by atoms with Gasteiger partial charge in [-0.15, -0.1) is 0 Å². The summed E-state index contributed by atoms with van der Waals surface area (Å²) in [6.45, 7) is 4.08. The molecule has 0 heterocycles. The van der Waals surface area contributed by atoms with Crippen LogP contribution >= 0.6 is 15.9 Å². The topological polar surface area (TPSA) is 47.6 Å². The SMILES string of the molecule is CCOc1ccc(OC(C)C(=O)Nc2ccc(Br)cc2F)cc1. The number of carbonyl (C=O) groups excluding carboxylic acids is 1. The van der Waals surface area contributed by atoms with Crippen molar-refractivity contribution in [1.29, 1.82) is 0 Å². The van der Waals surface area contributed by atoms with Gasteiger partial charge in [0.05, 0.1) is 12.3 Å². The Morgan fingerprint density at radius 2 is 1.87 bits per heavy atom. The van der Waals surface area contributed by atoms with Crippen molar-refractivity contribution in [1.82, 2.24) is 0 Å². The molecule has 0 spiro atoms. The van der Waals surface area contributed by atoms with Crippen LogP contribution in [0.2, 0.25) is 0 Å². The molecule has 0 fully saturated rings. The van der Waals surface area contributed by atoms with Crippen LogP contribution < -0.4 is 14.8 Å². The molecule has 0 aliphatic carbocycles. The number of hydrogen-bond acceptors (Lipinski definition) is 3. The van der Waals surface area contributed by atoms with E-state index in [1.54, 1.807) is 37.3 Å². The summed E-state index contributed by atoms with van der Waals surface area (Å²) in [6, 6.07) is 11.4. The fraction of sp³-hybridized carbons (Fsp3) is 0.235. The summed E-state index contributed by atoms with van der Waals surface area (Å²) in [5.74, 6) is 0.322. The first-order chi connectivity index (χ1) is 11.0. The van der Waals surface area contributed by atoms with E-state index in [9.17, 15) is 9.18 Å². The number of rotatable bonds is 6. The summed E-state index contributed by atoms with van der Waals surface area (Å²) in [5, 5.41) is 2.50. The van der Waals surface area contributed by atoms with Gasteiger partial charge in [-0.2, -0.15) is 0 Å². The summed E-state index contributed by atoms with van der Waals surface area (Å²) < 4.78 is 25.2. The lowest BCUT2D eigenvalue weighted by Gasteiger charge is -2.15. The summed E-state index contributed by atoms with van der Waals surface area (Å²) in [4.78, 5) is 12.1. The van der Waals surface area contributed by atoms with Crippen molar-refractivity contribution in [2.75, 3.05) is 11.9 Å². The Morgan fingerprint density at radius 3 is 2.48 bits per heavy atom. The molecule has 1 unspecified atom stereocenters. The van der Waals surface area contributed by atoms with Crippen LogP contribution in [0, 0.1) is 5.82 Å². The van der Waals surface area contributed by atoms with Gasteiger partial charge in [-0.05, 0) is 56.3 Å². The number of halogens is 2. The number of anilines is 1. The smallest absolute Gasteiger partial charge is 0.265 e. The highest BCUT2D eigenvalue weighted by Crippen LogP contribution is 2.21. The molecule has 6 heteroatoms. The molecule has 23 heavy (non-hydrogen) atoms. The zero-order valence-electron chi connectivity index (χ0n) is 12.8. The van der Waals surface area contributed by atoms with Crippen molar-refractivity contribution < 1.29 is 18.7 Å². The van der Waals surface area contributed by atoms with Gasteiger partial charge in [0.2, 0.25) is 0 Å². The Hall–Kier alpha value is -2.08. The summed E-state index contributed by atoms with van der Waals surface area (Å²) in [7, 11) is 0. The molecule has 0 aromatic heterocycles. The molecule has 0 radical (unpaired) electrons. The number of hydrogen-bond donors (Lipinski definition) is 1. The summed E-state index contributed by atoms with van der Waals surface area (Å²) in [6.07, 6.45) is -0.768. The molecule has 1 amide bonds. The Morgan fingerprint density at radius 1 is 1.22 bits per heavy atom. The highest BCUT2D eigenvalue weighted by atomic mass is 79.9. The molecule has 122 valence electrons. The average molecular weight is 382 g/mol. The van der Waals surface area contributed by atoms with Crippen LogP contribution in [-0.4, -0.2) is 18.6 Å². The number of nitrogens with one attached hydrogen (secondary N) is 1. The van der Waals surface area contributed by atoms with E-state index in [1.165, 1.54) is 12.1 Å². The second kappa shape index (κ2) is 7.97. The minimum atomic E-state index is -0.768.